The van der Waals surface area contributed by atoms with Gasteiger partial charge in [-0.2, -0.15) is 0 Å². The van der Waals surface area contributed by atoms with Crippen molar-refractivity contribution in [1.82, 2.24) is 4.98 Å². The Morgan fingerprint density at radius 3 is 2.45 bits per heavy atom. The number of anilines is 2. The quantitative estimate of drug-likeness (QED) is 0.585. The largest absolute Gasteiger partial charge is 0.330 e. The zero-order valence-corrected chi connectivity index (χ0v) is 14.5. The van der Waals surface area contributed by atoms with Crippen molar-refractivity contribution < 1.29 is 0 Å². The molecule has 5 heteroatoms. The summed E-state index contributed by atoms with van der Waals surface area (Å²) >= 11 is 13.8. The highest BCUT2D eigenvalue weighted by Crippen LogP contribution is 2.35. The molecule has 2 nitrogen and oxygen atoms in total. The minimum Gasteiger partial charge on any atom is -0.330 e. The lowest BCUT2D eigenvalue weighted by molar-refractivity contribution is 1.35. The van der Waals surface area contributed by atoms with Gasteiger partial charge in [-0.15, -0.1) is 11.3 Å². The molecule has 0 aliphatic carbocycles. The van der Waals surface area contributed by atoms with Crippen LogP contribution in [0, 0.1) is 13.8 Å². The van der Waals surface area contributed by atoms with E-state index in [1.807, 2.05) is 12.1 Å². The molecule has 22 heavy (non-hydrogen) atoms. The summed E-state index contributed by atoms with van der Waals surface area (Å²) in [6, 6.07) is 13.9. The van der Waals surface area contributed by atoms with Crippen molar-refractivity contribution in [3.8, 4) is 11.3 Å². The first-order valence-electron chi connectivity index (χ1n) is 6.80. The second-order valence-corrected chi connectivity index (χ2v) is 7.00. The topological polar surface area (TPSA) is 24.9 Å². The van der Waals surface area contributed by atoms with E-state index in [4.69, 9.17) is 23.2 Å². The van der Waals surface area contributed by atoms with Crippen molar-refractivity contribution in [2.75, 3.05) is 5.32 Å². The highest BCUT2D eigenvalue weighted by atomic mass is 35.5. The van der Waals surface area contributed by atoms with Crippen molar-refractivity contribution in [1.29, 1.82) is 0 Å². The molecular formula is C17H14Cl2N2S. The summed E-state index contributed by atoms with van der Waals surface area (Å²) in [6.45, 7) is 4.14. The number of halogens is 2. The third kappa shape index (κ3) is 3.12. The van der Waals surface area contributed by atoms with Crippen molar-refractivity contribution >= 4 is 45.4 Å². The van der Waals surface area contributed by atoms with Gasteiger partial charge >= 0.3 is 0 Å². The fraction of sp³-hybridized carbons (Fsp3) is 0.118. The zero-order valence-electron chi connectivity index (χ0n) is 12.2. The Morgan fingerprint density at radius 2 is 1.73 bits per heavy atom. The number of aryl methyl sites for hydroxylation is 2. The Hall–Kier alpha value is -1.55. The second-order valence-electron chi connectivity index (χ2n) is 5.02. The van der Waals surface area contributed by atoms with Crippen LogP contribution in [0.5, 0.6) is 0 Å². The summed E-state index contributed by atoms with van der Waals surface area (Å²) in [4.78, 5) is 5.84. The summed E-state index contributed by atoms with van der Waals surface area (Å²) in [5.41, 5.74) is 4.11. The summed E-state index contributed by atoms with van der Waals surface area (Å²) in [5, 5.41) is 5.08. The number of nitrogens with zero attached hydrogens (tertiary/aromatic N) is 1. The normalized spacial score (nSPS) is 10.7. The maximum Gasteiger partial charge on any atom is 0.188 e. The molecule has 0 atom stereocenters. The molecule has 0 spiro atoms. The Balaban J connectivity index is 1.92. The third-order valence-corrected chi connectivity index (χ3v) is 5.02. The standard InChI is InChI=1S/C17H14Cl2N2S/c1-10-6-8-12(9-7-10)16-11(2)22-17(21-16)20-14-5-3-4-13(18)15(14)19/h3-9H,1-2H3,(H,20,21). The van der Waals surface area contributed by atoms with Crippen LogP contribution in [0.25, 0.3) is 11.3 Å². The SMILES string of the molecule is Cc1ccc(-c2nc(Nc3cccc(Cl)c3Cl)sc2C)cc1. The van der Waals surface area contributed by atoms with E-state index in [9.17, 15) is 0 Å². The van der Waals surface area contributed by atoms with Crippen LogP contribution in [0.15, 0.2) is 42.5 Å². The summed E-state index contributed by atoms with van der Waals surface area (Å²) < 4.78 is 0. The number of nitrogens with one attached hydrogen (secondary N) is 1. The molecule has 3 rings (SSSR count). The lowest BCUT2D eigenvalue weighted by atomic mass is 10.1. The number of hydrogen-bond donors (Lipinski definition) is 1. The Labute approximate surface area is 143 Å². The van der Waals surface area contributed by atoms with Crippen LogP contribution in [0.2, 0.25) is 10.0 Å². The van der Waals surface area contributed by atoms with E-state index in [-0.39, 0.29) is 0 Å². The highest BCUT2D eigenvalue weighted by molar-refractivity contribution is 7.16. The first kappa shape index (κ1) is 15.3. The predicted molar refractivity (Wildman–Crippen MR) is 96.8 cm³/mol. The van der Waals surface area contributed by atoms with E-state index in [1.54, 1.807) is 17.4 Å². The fourth-order valence-electron chi connectivity index (χ4n) is 2.14. The van der Waals surface area contributed by atoms with Gasteiger partial charge in [0.05, 0.1) is 21.4 Å². The molecule has 1 heterocycles. The molecule has 3 aromatic rings. The minimum absolute atomic E-state index is 0.508. The number of benzene rings is 2. The summed E-state index contributed by atoms with van der Waals surface area (Å²) in [6.07, 6.45) is 0. The Kier molecular flexibility index (Phi) is 4.39. The van der Waals surface area contributed by atoms with E-state index in [1.165, 1.54) is 5.56 Å². The van der Waals surface area contributed by atoms with E-state index in [0.717, 1.165) is 27.0 Å². The predicted octanol–water partition coefficient (Wildman–Crippen LogP) is 6.48. The van der Waals surface area contributed by atoms with Crippen LogP contribution in [-0.2, 0) is 0 Å². The molecule has 0 bridgehead atoms. The molecule has 1 N–H and O–H groups in total. The molecule has 2 aromatic carbocycles. The van der Waals surface area contributed by atoms with E-state index >= 15 is 0 Å². The van der Waals surface area contributed by atoms with Crippen molar-refractivity contribution in [2.24, 2.45) is 0 Å². The van der Waals surface area contributed by atoms with Crippen LogP contribution < -0.4 is 5.32 Å². The molecule has 1 aromatic heterocycles. The van der Waals surface area contributed by atoms with Crippen LogP contribution in [-0.4, -0.2) is 4.98 Å². The Morgan fingerprint density at radius 1 is 1.00 bits per heavy atom. The van der Waals surface area contributed by atoms with E-state index in [2.05, 4.69) is 48.4 Å². The summed E-state index contributed by atoms with van der Waals surface area (Å²) in [7, 11) is 0. The molecule has 0 aliphatic rings. The van der Waals surface area contributed by atoms with Crippen LogP contribution >= 0.6 is 34.5 Å². The smallest absolute Gasteiger partial charge is 0.188 e. The highest BCUT2D eigenvalue weighted by Gasteiger charge is 2.11. The van der Waals surface area contributed by atoms with Gasteiger partial charge in [-0.05, 0) is 26.0 Å². The maximum atomic E-state index is 6.21. The molecule has 0 radical (unpaired) electrons. The van der Waals surface area contributed by atoms with Crippen LogP contribution in [0.3, 0.4) is 0 Å². The van der Waals surface area contributed by atoms with Gasteiger partial charge in [-0.25, -0.2) is 4.98 Å². The zero-order chi connectivity index (χ0) is 15.7. The van der Waals surface area contributed by atoms with E-state index < -0.39 is 0 Å². The average molecular weight is 349 g/mol. The van der Waals surface area contributed by atoms with Gasteiger partial charge in [0.1, 0.15) is 0 Å². The molecule has 0 amide bonds. The molecule has 0 saturated heterocycles. The van der Waals surface area contributed by atoms with Crippen LogP contribution in [0.4, 0.5) is 10.8 Å². The van der Waals surface area contributed by atoms with Gasteiger partial charge in [-0.1, -0.05) is 59.1 Å². The number of hydrogen-bond acceptors (Lipinski definition) is 3. The van der Waals surface area contributed by atoms with E-state index in [0.29, 0.717) is 10.0 Å². The first-order chi connectivity index (χ1) is 10.5. The van der Waals surface area contributed by atoms with Gasteiger partial charge in [0.25, 0.3) is 0 Å². The monoisotopic (exact) mass is 348 g/mol. The molecule has 0 saturated carbocycles. The van der Waals surface area contributed by atoms with Gasteiger partial charge in [0, 0.05) is 10.4 Å². The van der Waals surface area contributed by atoms with Gasteiger partial charge in [0.2, 0.25) is 0 Å². The number of rotatable bonds is 3. The molecular weight excluding hydrogens is 335 g/mol. The fourth-order valence-corrected chi connectivity index (χ4v) is 3.34. The lowest BCUT2D eigenvalue weighted by Gasteiger charge is -2.06. The minimum atomic E-state index is 0.508. The maximum absolute atomic E-state index is 6.21. The Bertz CT molecular complexity index is 810. The number of thiazole rings is 1. The van der Waals surface area contributed by atoms with Crippen LogP contribution in [0.1, 0.15) is 10.4 Å². The van der Waals surface area contributed by atoms with Crippen molar-refractivity contribution in [3.05, 3.63) is 63.0 Å². The third-order valence-electron chi connectivity index (χ3n) is 3.31. The average Bonchev–Trinajstić information content (AvgIpc) is 2.85. The van der Waals surface area contributed by atoms with Gasteiger partial charge in [0.15, 0.2) is 5.13 Å². The molecule has 0 fully saturated rings. The molecule has 0 aliphatic heterocycles. The molecule has 112 valence electrons. The second kappa shape index (κ2) is 6.29. The van der Waals surface area contributed by atoms with Gasteiger partial charge < -0.3 is 5.32 Å². The first-order valence-corrected chi connectivity index (χ1v) is 8.37. The summed E-state index contributed by atoms with van der Waals surface area (Å²) in [5.74, 6) is 0. The lowest BCUT2D eigenvalue weighted by Crippen LogP contribution is -1.91. The molecule has 0 unspecified atom stereocenters. The van der Waals surface area contributed by atoms with Crippen molar-refractivity contribution in [2.45, 2.75) is 13.8 Å². The van der Waals surface area contributed by atoms with Crippen molar-refractivity contribution in [3.63, 3.8) is 0 Å². The van der Waals surface area contributed by atoms with Gasteiger partial charge in [-0.3, -0.25) is 0 Å². The number of aromatic nitrogens is 1.